The summed E-state index contributed by atoms with van der Waals surface area (Å²) >= 11 is 0. The molecule has 2 heteroatoms. The van der Waals surface area contributed by atoms with Crippen LogP contribution in [0.1, 0.15) is 71.6 Å². The topological polar surface area (TPSA) is 43.1 Å². The summed E-state index contributed by atoms with van der Waals surface area (Å²) < 4.78 is 0. The fourth-order valence-electron chi connectivity index (χ4n) is 4.73. The van der Waals surface area contributed by atoms with Gasteiger partial charge in [0.2, 0.25) is 5.91 Å². The zero-order valence-electron chi connectivity index (χ0n) is 12.7. The van der Waals surface area contributed by atoms with Gasteiger partial charge in [0.25, 0.3) is 0 Å². The van der Waals surface area contributed by atoms with E-state index in [2.05, 4.69) is 13.8 Å². The Morgan fingerprint density at radius 1 is 1.11 bits per heavy atom. The van der Waals surface area contributed by atoms with Crippen molar-refractivity contribution < 1.29 is 4.79 Å². The second-order valence-corrected chi connectivity index (χ2v) is 7.12. The van der Waals surface area contributed by atoms with E-state index in [0.717, 1.165) is 36.5 Å². The molecule has 110 valence electrons. The Morgan fingerprint density at radius 3 is 2.32 bits per heavy atom. The van der Waals surface area contributed by atoms with E-state index in [1.54, 1.807) is 0 Å². The van der Waals surface area contributed by atoms with Gasteiger partial charge in [0.05, 0.1) is 0 Å². The van der Waals surface area contributed by atoms with Crippen LogP contribution in [-0.2, 0) is 4.79 Å². The lowest BCUT2D eigenvalue weighted by Gasteiger charge is -2.41. The first-order valence-electron chi connectivity index (χ1n) is 8.41. The van der Waals surface area contributed by atoms with Gasteiger partial charge in [-0.2, -0.15) is 0 Å². The Labute approximate surface area is 118 Å². The lowest BCUT2D eigenvalue weighted by atomic mass is 9.64. The summed E-state index contributed by atoms with van der Waals surface area (Å²) in [6.07, 6.45) is 11.6. The van der Waals surface area contributed by atoms with Crippen LogP contribution < -0.4 is 5.73 Å². The number of carbonyl (C=O) groups excluding carboxylic acids is 1. The highest BCUT2D eigenvalue weighted by molar-refractivity contribution is 5.76. The van der Waals surface area contributed by atoms with E-state index in [-0.39, 0.29) is 11.8 Å². The highest BCUT2D eigenvalue weighted by Crippen LogP contribution is 2.44. The van der Waals surface area contributed by atoms with Gasteiger partial charge >= 0.3 is 0 Å². The summed E-state index contributed by atoms with van der Waals surface area (Å²) in [6.45, 7) is 4.77. The van der Waals surface area contributed by atoms with E-state index in [4.69, 9.17) is 5.73 Å². The molecule has 0 bridgehead atoms. The Balaban J connectivity index is 1.82. The average Bonchev–Trinajstić information content (AvgIpc) is 2.39. The van der Waals surface area contributed by atoms with Crippen molar-refractivity contribution in [3.63, 3.8) is 0 Å². The first kappa shape index (κ1) is 14.9. The summed E-state index contributed by atoms with van der Waals surface area (Å²) in [6, 6.07) is 0. The van der Waals surface area contributed by atoms with Crippen molar-refractivity contribution in [1.29, 1.82) is 0 Å². The lowest BCUT2D eigenvalue weighted by molar-refractivity contribution is -0.123. The molecule has 2 nitrogen and oxygen atoms in total. The summed E-state index contributed by atoms with van der Waals surface area (Å²) in [7, 11) is 0. The zero-order valence-corrected chi connectivity index (χ0v) is 12.7. The Hall–Kier alpha value is -0.530. The number of hydrogen-bond donors (Lipinski definition) is 1. The minimum atomic E-state index is -0.0712. The summed E-state index contributed by atoms with van der Waals surface area (Å²) in [5, 5.41) is 0. The van der Waals surface area contributed by atoms with Crippen molar-refractivity contribution in [2.75, 3.05) is 0 Å². The third-order valence-electron chi connectivity index (χ3n) is 5.82. The summed E-state index contributed by atoms with van der Waals surface area (Å²) in [4.78, 5) is 11.2. The average molecular weight is 265 g/mol. The van der Waals surface area contributed by atoms with E-state index >= 15 is 0 Å². The molecule has 0 aliphatic heterocycles. The molecule has 19 heavy (non-hydrogen) atoms. The van der Waals surface area contributed by atoms with Crippen LogP contribution in [0, 0.1) is 29.6 Å². The zero-order chi connectivity index (χ0) is 13.8. The molecule has 0 radical (unpaired) electrons. The number of nitrogens with two attached hydrogens (primary N) is 1. The van der Waals surface area contributed by atoms with E-state index in [0.29, 0.717) is 0 Å². The van der Waals surface area contributed by atoms with Gasteiger partial charge in [0.1, 0.15) is 0 Å². The van der Waals surface area contributed by atoms with E-state index < -0.39 is 0 Å². The maximum atomic E-state index is 11.2. The third kappa shape index (κ3) is 3.73. The monoisotopic (exact) mass is 265 g/mol. The molecule has 2 aliphatic carbocycles. The van der Waals surface area contributed by atoms with Gasteiger partial charge in [0, 0.05) is 5.92 Å². The molecule has 2 saturated carbocycles. The molecule has 0 heterocycles. The number of rotatable bonds is 4. The van der Waals surface area contributed by atoms with Crippen LogP contribution in [0.3, 0.4) is 0 Å². The number of carbonyl (C=O) groups is 1. The van der Waals surface area contributed by atoms with E-state index in [9.17, 15) is 4.79 Å². The standard InChI is InChI=1S/C17H31NO/c1-3-4-13-5-10-16(12(2)11-13)14-6-8-15(9-7-14)17(18)19/h12-16H,3-11H2,1-2H3,(H2,18,19)/t12?,13?,14-,15-,16?. The van der Waals surface area contributed by atoms with Crippen LogP contribution in [0.4, 0.5) is 0 Å². The Morgan fingerprint density at radius 2 is 1.79 bits per heavy atom. The van der Waals surface area contributed by atoms with Crippen LogP contribution >= 0.6 is 0 Å². The molecule has 2 rings (SSSR count). The number of primary amides is 1. The van der Waals surface area contributed by atoms with Crippen molar-refractivity contribution in [3.8, 4) is 0 Å². The van der Waals surface area contributed by atoms with Gasteiger partial charge in [-0.05, 0) is 62.2 Å². The molecule has 0 saturated heterocycles. The molecule has 0 spiro atoms. The van der Waals surface area contributed by atoms with Gasteiger partial charge in [-0.15, -0.1) is 0 Å². The van der Waals surface area contributed by atoms with Gasteiger partial charge in [-0.25, -0.2) is 0 Å². The molecular weight excluding hydrogens is 234 g/mol. The largest absolute Gasteiger partial charge is 0.369 e. The molecule has 3 unspecified atom stereocenters. The van der Waals surface area contributed by atoms with Crippen LogP contribution in [0.25, 0.3) is 0 Å². The second-order valence-electron chi connectivity index (χ2n) is 7.12. The smallest absolute Gasteiger partial charge is 0.220 e. The van der Waals surface area contributed by atoms with Crippen molar-refractivity contribution in [2.45, 2.75) is 71.6 Å². The minimum absolute atomic E-state index is 0.0712. The molecule has 2 N–H and O–H groups in total. The van der Waals surface area contributed by atoms with E-state index in [1.165, 1.54) is 44.9 Å². The molecule has 0 aromatic rings. The van der Waals surface area contributed by atoms with Crippen LogP contribution in [0.5, 0.6) is 0 Å². The van der Waals surface area contributed by atoms with Gasteiger partial charge in [-0.3, -0.25) is 4.79 Å². The van der Waals surface area contributed by atoms with Crippen LogP contribution in [-0.4, -0.2) is 5.91 Å². The van der Waals surface area contributed by atoms with Crippen molar-refractivity contribution in [1.82, 2.24) is 0 Å². The number of amides is 1. The molecule has 2 aliphatic rings. The third-order valence-corrected chi connectivity index (χ3v) is 5.82. The summed E-state index contributed by atoms with van der Waals surface area (Å²) in [5.41, 5.74) is 5.43. The molecular formula is C17H31NO. The Kier molecular flexibility index (Phi) is 5.29. The van der Waals surface area contributed by atoms with Crippen molar-refractivity contribution >= 4 is 5.91 Å². The molecule has 3 atom stereocenters. The first-order valence-corrected chi connectivity index (χ1v) is 8.41. The molecule has 1 amide bonds. The first-order chi connectivity index (χ1) is 9.11. The minimum Gasteiger partial charge on any atom is -0.369 e. The van der Waals surface area contributed by atoms with Crippen LogP contribution in [0.2, 0.25) is 0 Å². The highest BCUT2D eigenvalue weighted by atomic mass is 16.1. The molecule has 0 aromatic carbocycles. The fourth-order valence-corrected chi connectivity index (χ4v) is 4.73. The maximum absolute atomic E-state index is 11.2. The molecule has 0 aromatic heterocycles. The Bertz CT molecular complexity index is 294. The highest BCUT2D eigenvalue weighted by Gasteiger charge is 2.35. The van der Waals surface area contributed by atoms with Gasteiger partial charge < -0.3 is 5.73 Å². The van der Waals surface area contributed by atoms with Gasteiger partial charge in [-0.1, -0.05) is 33.1 Å². The van der Waals surface area contributed by atoms with E-state index in [1.807, 2.05) is 0 Å². The predicted octanol–water partition coefficient (Wildman–Crippen LogP) is 4.13. The van der Waals surface area contributed by atoms with Crippen molar-refractivity contribution in [3.05, 3.63) is 0 Å². The summed E-state index contributed by atoms with van der Waals surface area (Å²) in [5.74, 6) is 3.76. The maximum Gasteiger partial charge on any atom is 0.220 e. The van der Waals surface area contributed by atoms with Crippen LogP contribution in [0.15, 0.2) is 0 Å². The SMILES string of the molecule is CCCC1CCC([C@H]2CC[C@H](C(N)=O)CC2)C(C)C1. The normalized spacial score (nSPS) is 40.0. The lowest BCUT2D eigenvalue weighted by Crippen LogP contribution is -2.34. The fraction of sp³-hybridized carbons (Fsp3) is 0.941. The van der Waals surface area contributed by atoms with Crippen molar-refractivity contribution in [2.24, 2.45) is 35.3 Å². The second kappa shape index (κ2) is 6.76. The van der Waals surface area contributed by atoms with Gasteiger partial charge in [0.15, 0.2) is 0 Å². The molecule has 2 fully saturated rings. The quantitative estimate of drug-likeness (QED) is 0.816. The predicted molar refractivity (Wildman–Crippen MR) is 79.5 cm³/mol. The number of hydrogen-bond acceptors (Lipinski definition) is 1.